The van der Waals surface area contributed by atoms with Crippen LogP contribution in [0.5, 0.6) is 0 Å². The van der Waals surface area contributed by atoms with E-state index >= 15 is 0 Å². The minimum atomic E-state index is -0.0680. The van der Waals surface area contributed by atoms with Crippen molar-refractivity contribution in [3.63, 3.8) is 0 Å². The Morgan fingerprint density at radius 1 is 1.30 bits per heavy atom. The second kappa shape index (κ2) is 6.23. The lowest BCUT2D eigenvalue weighted by atomic mass is 10.2. The Hall–Kier alpha value is -2.30. The Kier molecular flexibility index (Phi) is 4.40. The van der Waals surface area contributed by atoms with Gasteiger partial charge in [-0.25, -0.2) is 4.98 Å². The third-order valence-corrected chi connectivity index (χ3v) is 2.83. The fourth-order valence-electron chi connectivity index (χ4n) is 1.96. The van der Waals surface area contributed by atoms with Crippen LogP contribution < -0.4 is 10.6 Å². The molecule has 0 aliphatic heterocycles. The fourth-order valence-corrected chi connectivity index (χ4v) is 1.96. The van der Waals surface area contributed by atoms with Crippen molar-refractivity contribution in [3.8, 4) is 5.69 Å². The molecule has 0 fully saturated rings. The summed E-state index contributed by atoms with van der Waals surface area (Å²) < 4.78 is 2.02. The normalized spacial score (nSPS) is 10.3. The quantitative estimate of drug-likeness (QED) is 0.879. The lowest BCUT2D eigenvalue weighted by Gasteiger charge is -2.10. The van der Waals surface area contributed by atoms with E-state index in [1.165, 1.54) is 6.92 Å². The molecule has 2 rings (SSSR count). The number of nitrogens with zero attached hydrogens (tertiary/aromatic N) is 2. The van der Waals surface area contributed by atoms with Crippen LogP contribution in [0.4, 0.5) is 11.6 Å². The molecule has 2 aromatic rings. The Labute approximate surface area is 119 Å². The average Bonchev–Trinajstić information content (AvgIpc) is 2.78. The van der Waals surface area contributed by atoms with Crippen LogP contribution in [0.2, 0.25) is 0 Å². The van der Waals surface area contributed by atoms with Crippen molar-refractivity contribution in [1.29, 1.82) is 0 Å². The van der Waals surface area contributed by atoms with Gasteiger partial charge in [-0.1, -0.05) is 6.92 Å². The molecule has 0 aliphatic rings. The van der Waals surface area contributed by atoms with Crippen LogP contribution in [0.25, 0.3) is 5.69 Å². The minimum Gasteiger partial charge on any atom is -0.355 e. The molecule has 1 heterocycles. The molecule has 2 N–H and O–H groups in total. The molecule has 0 unspecified atom stereocenters. The predicted octanol–water partition coefficient (Wildman–Crippen LogP) is 2.96. The van der Waals surface area contributed by atoms with Gasteiger partial charge in [0.1, 0.15) is 0 Å². The van der Waals surface area contributed by atoms with Crippen molar-refractivity contribution in [1.82, 2.24) is 9.55 Å². The molecule has 0 saturated heterocycles. The molecule has 0 atom stereocenters. The number of carbonyl (C=O) groups excluding carboxylic acids is 1. The first kappa shape index (κ1) is 14.1. The van der Waals surface area contributed by atoms with Crippen LogP contribution in [-0.4, -0.2) is 22.0 Å². The van der Waals surface area contributed by atoms with Crippen molar-refractivity contribution < 1.29 is 4.79 Å². The molecular weight excluding hydrogens is 252 g/mol. The summed E-state index contributed by atoms with van der Waals surface area (Å²) in [6.07, 6.45) is 3.04. The summed E-state index contributed by atoms with van der Waals surface area (Å²) in [6.45, 7) is 6.48. The molecule has 20 heavy (non-hydrogen) atoms. The van der Waals surface area contributed by atoms with Crippen molar-refractivity contribution >= 4 is 17.5 Å². The first-order chi connectivity index (χ1) is 9.60. The number of aromatic nitrogens is 2. The molecule has 1 aromatic carbocycles. The van der Waals surface area contributed by atoms with Crippen molar-refractivity contribution in [2.45, 2.75) is 27.2 Å². The lowest BCUT2D eigenvalue weighted by Crippen LogP contribution is -2.07. The van der Waals surface area contributed by atoms with E-state index < -0.39 is 0 Å². The summed E-state index contributed by atoms with van der Waals surface area (Å²) in [7, 11) is 0. The van der Waals surface area contributed by atoms with Crippen LogP contribution in [0.1, 0.15) is 26.0 Å². The van der Waals surface area contributed by atoms with Gasteiger partial charge in [0, 0.05) is 31.0 Å². The number of rotatable bonds is 5. The van der Waals surface area contributed by atoms with E-state index in [0.717, 1.165) is 36.0 Å². The number of nitrogens with one attached hydrogen (secondary N) is 2. The van der Waals surface area contributed by atoms with Crippen molar-refractivity contribution in [2.24, 2.45) is 0 Å². The van der Waals surface area contributed by atoms with E-state index in [2.05, 4.69) is 22.5 Å². The Bertz CT molecular complexity index is 586. The van der Waals surface area contributed by atoms with Crippen LogP contribution in [0, 0.1) is 6.92 Å². The van der Waals surface area contributed by atoms with E-state index in [4.69, 9.17) is 0 Å². The zero-order chi connectivity index (χ0) is 14.5. The van der Waals surface area contributed by atoms with Crippen LogP contribution >= 0.6 is 0 Å². The number of imidazole rings is 1. The Morgan fingerprint density at radius 3 is 2.60 bits per heavy atom. The van der Waals surface area contributed by atoms with Gasteiger partial charge in [-0.3, -0.25) is 9.36 Å². The van der Waals surface area contributed by atoms with Gasteiger partial charge in [0.15, 0.2) is 0 Å². The van der Waals surface area contributed by atoms with Crippen LogP contribution in [-0.2, 0) is 4.79 Å². The van der Waals surface area contributed by atoms with E-state index in [1.54, 1.807) is 0 Å². The number of hydrogen-bond acceptors (Lipinski definition) is 3. The molecule has 0 bridgehead atoms. The van der Waals surface area contributed by atoms with E-state index in [9.17, 15) is 4.79 Å². The first-order valence-corrected chi connectivity index (χ1v) is 6.78. The predicted molar refractivity (Wildman–Crippen MR) is 81.4 cm³/mol. The van der Waals surface area contributed by atoms with Gasteiger partial charge < -0.3 is 10.6 Å². The number of amides is 1. The van der Waals surface area contributed by atoms with E-state index in [1.807, 2.05) is 42.0 Å². The molecule has 5 heteroatoms. The van der Waals surface area contributed by atoms with E-state index in [0.29, 0.717) is 0 Å². The maximum absolute atomic E-state index is 11.0. The molecule has 0 spiro atoms. The molecule has 0 saturated carbocycles. The summed E-state index contributed by atoms with van der Waals surface area (Å²) in [6, 6.07) is 7.69. The number of benzene rings is 1. The maximum atomic E-state index is 11.0. The standard InChI is InChI=1S/C15H20N4O/c1-4-9-16-15-17-11(2)10-19(15)14-7-5-13(6-8-14)18-12(3)20/h5-8,10H,4,9H2,1-3H3,(H,16,17)(H,18,20). The average molecular weight is 272 g/mol. The van der Waals surface area contributed by atoms with Crippen LogP contribution in [0.3, 0.4) is 0 Å². The topological polar surface area (TPSA) is 59.0 Å². The minimum absolute atomic E-state index is 0.0680. The van der Waals surface area contributed by atoms with E-state index in [-0.39, 0.29) is 5.91 Å². The van der Waals surface area contributed by atoms with Gasteiger partial charge in [0.05, 0.1) is 5.69 Å². The highest BCUT2D eigenvalue weighted by molar-refractivity contribution is 5.88. The lowest BCUT2D eigenvalue weighted by molar-refractivity contribution is -0.114. The second-order valence-electron chi connectivity index (χ2n) is 4.73. The maximum Gasteiger partial charge on any atom is 0.221 e. The van der Waals surface area contributed by atoms with Crippen LogP contribution in [0.15, 0.2) is 30.5 Å². The first-order valence-electron chi connectivity index (χ1n) is 6.78. The van der Waals surface area contributed by atoms with Gasteiger partial charge in [0.2, 0.25) is 11.9 Å². The molecular formula is C15H20N4O. The summed E-state index contributed by atoms with van der Waals surface area (Å²) >= 11 is 0. The van der Waals surface area contributed by atoms with Crippen molar-refractivity contribution in [2.75, 3.05) is 17.2 Å². The molecule has 5 nitrogen and oxygen atoms in total. The summed E-state index contributed by atoms with van der Waals surface area (Å²) in [5.74, 6) is 0.776. The van der Waals surface area contributed by atoms with Crippen molar-refractivity contribution in [3.05, 3.63) is 36.2 Å². The highest BCUT2D eigenvalue weighted by Crippen LogP contribution is 2.19. The Balaban J connectivity index is 2.24. The zero-order valence-corrected chi connectivity index (χ0v) is 12.1. The number of aryl methyl sites for hydroxylation is 1. The molecule has 0 radical (unpaired) electrons. The smallest absolute Gasteiger partial charge is 0.221 e. The molecule has 1 aromatic heterocycles. The van der Waals surface area contributed by atoms with Gasteiger partial charge in [-0.05, 0) is 37.6 Å². The summed E-state index contributed by atoms with van der Waals surface area (Å²) in [5.41, 5.74) is 2.77. The fraction of sp³-hybridized carbons (Fsp3) is 0.333. The molecule has 1 amide bonds. The molecule has 106 valence electrons. The van der Waals surface area contributed by atoms with Gasteiger partial charge in [-0.2, -0.15) is 0 Å². The zero-order valence-electron chi connectivity index (χ0n) is 12.1. The molecule has 0 aliphatic carbocycles. The largest absolute Gasteiger partial charge is 0.355 e. The highest BCUT2D eigenvalue weighted by Gasteiger charge is 2.07. The van der Waals surface area contributed by atoms with Gasteiger partial charge in [-0.15, -0.1) is 0 Å². The monoisotopic (exact) mass is 272 g/mol. The number of hydrogen-bond donors (Lipinski definition) is 2. The second-order valence-corrected chi connectivity index (χ2v) is 4.73. The third-order valence-electron chi connectivity index (χ3n) is 2.83. The number of carbonyl (C=O) groups is 1. The summed E-state index contributed by atoms with van der Waals surface area (Å²) in [5, 5.41) is 6.07. The number of anilines is 2. The third kappa shape index (κ3) is 3.38. The van der Waals surface area contributed by atoms with Gasteiger partial charge in [0.25, 0.3) is 0 Å². The van der Waals surface area contributed by atoms with Gasteiger partial charge >= 0.3 is 0 Å². The Morgan fingerprint density at radius 2 is 2.00 bits per heavy atom. The SMILES string of the molecule is CCCNc1nc(C)cn1-c1ccc(NC(C)=O)cc1. The summed E-state index contributed by atoms with van der Waals surface area (Å²) in [4.78, 5) is 15.5. The highest BCUT2D eigenvalue weighted by atomic mass is 16.1.